The van der Waals surface area contributed by atoms with E-state index in [1.807, 2.05) is 41.8 Å². The van der Waals surface area contributed by atoms with E-state index in [0.29, 0.717) is 28.0 Å². The summed E-state index contributed by atoms with van der Waals surface area (Å²) in [5, 5.41) is 24.6. The van der Waals surface area contributed by atoms with Crippen LogP contribution in [0.4, 0.5) is 5.69 Å². The number of amides is 1. The highest BCUT2D eigenvalue weighted by Crippen LogP contribution is 2.35. The van der Waals surface area contributed by atoms with Crippen LogP contribution in [0.5, 0.6) is 0 Å². The van der Waals surface area contributed by atoms with Crippen LogP contribution in [0.3, 0.4) is 0 Å². The first kappa shape index (κ1) is 22.0. The quantitative estimate of drug-likeness (QED) is 0.234. The molecule has 0 aliphatic heterocycles. The van der Waals surface area contributed by atoms with Gasteiger partial charge in [-0.1, -0.05) is 36.4 Å². The third kappa shape index (κ3) is 4.99. The molecule has 1 amide bonds. The summed E-state index contributed by atoms with van der Waals surface area (Å²) < 4.78 is 6.88. The maximum atomic E-state index is 11.8. The molecule has 33 heavy (non-hydrogen) atoms. The number of benzene rings is 2. The lowest BCUT2D eigenvalue weighted by Crippen LogP contribution is -2.16. The third-order valence-corrected chi connectivity index (χ3v) is 5.62. The SMILES string of the molecule is CCn1c(Sc2ccc(C=NNC(=O)c3ccco3)cc2[N+](=O)[O-])nnc1-c1ccccc1. The van der Waals surface area contributed by atoms with Gasteiger partial charge in [0.2, 0.25) is 0 Å². The molecule has 0 bridgehead atoms. The van der Waals surface area contributed by atoms with Crippen LogP contribution in [0.1, 0.15) is 23.0 Å². The van der Waals surface area contributed by atoms with Crippen molar-refractivity contribution in [3.05, 3.63) is 88.4 Å². The number of rotatable bonds is 8. The summed E-state index contributed by atoms with van der Waals surface area (Å²) in [6.45, 7) is 2.57. The van der Waals surface area contributed by atoms with E-state index >= 15 is 0 Å². The zero-order valence-electron chi connectivity index (χ0n) is 17.4. The first-order valence-corrected chi connectivity index (χ1v) is 10.7. The molecule has 0 atom stereocenters. The van der Waals surface area contributed by atoms with Crippen molar-refractivity contribution in [2.24, 2.45) is 5.10 Å². The molecule has 2 aromatic carbocycles. The van der Waals surface area contributed by atoms with Gasteiger partial charge in [0.1, 0.15) is 0 Å². The van der Waals surface area contributed by atoms with Crippen molar-refractivity contribution in [2.75, 3.05) is 0 Å². The first-order chi connectivity index (χ1) is 16.1. The van der Waals surface area contributed by atoms with E-state index in [2.05, 4.69) is 20.7 Å². The Morgan fingerprint density at radius 2 is 2.03 bits per heavy atom. The van der Waals surface area contributed by atoms with Crippen LogP contribution in [0, 0.1) is 10.1 Å². The summed E-state index contributed by atoms with van der Waals surface area (Å²) in [7, 11) is 0. The molecule has 0 spiro atoms. The van der Waals surface area contributed by atoms with Gasteiger partial charge in [0.15, 0.2) is 16.7 Å². The third-order valence-electron chi connectivity index (χ3n) is 4.57. The molecule has 11 heteroatoms. The van der Waals surface area contributed by atoms with Gasteiger partial charge < -0.3 is 8.98 Å². The van der Waals surface area contributed by atoms with E-state index in [-0.39, 0.29) is 11.4 Å². The van der Waals surface area contributed by atoms with Gasteiger partial charge >= 0.3 is 5.91 Å². The van der Waals surface area contributed by atoms with Crippen molar-refractivity contribution in [3.8, 4) is 11.4 Å². The first-order valence-electron chi connectivity index (χ1n) is 9.88. The van der Waals surface area contributed by atoms with E-state index in [1.165, 1.54) is 36.4 Å². The molecular formula is C22H18N6O4S. The lowest BCUT2D eigenvalue weighted by molar-refractivity contribution is -0.387. The Kier molecular flexibility index (Phi) is 6.60. The average Bonchev–Trinajstić information content (AvgIpc) is 3.50. The molecule has 4 rings (SSSR count). The number of aromatic nitrogens is 3. The molecule has 4 aromatic rings. The van der Waals surface area contributed by atoms with Crippen molar-refractivity contribution in [3.63, 3.8) is 0 Å². The van der Waals surface area contributed by atoms with Gasteiger partial charge in [0.05, 0.1) is 22.3 Å². The van der Waals surface area contributed by atoms with Gasteiger partial charge in [0.25, 0.3) is 5.69 Å². The van der Waals surface area contributed by atoms with Gasteiger partial charge in [-0.3, -0.25) is 14.9 Å². The molecule has 0 aliphatic carbocycles. The predicted molar refractivity (Wildman–Crippen MR) is 122 cm³/mol. The number of nitrogens with zero attached hydrogens (tertiary/aromatic N) is 5. The van der Waals surface area contributed by atoms with Crippen LogP contribution >= 0.6 is 11.8 Å². The number of nitro benzene ring substituents is 1. The standard InChI is InChI=1S/C22H18N6O4S/c1-2-27-20(16-7-4-3-5-8-16)24-26-22(27)33-19-11-10-15(13-17(19)28(30)31)14-23-25-21(29)18-9-6-12-32-18/h3-14H,2H2,1H3,(H,25,29). The number of furan rings is 1. The summed E-state index contributed by atoms with van der Waals surface area (Å²) in [4.78, 5) is 23.5. The number of hydrogen-bond acceptors (Lipinski definition) is 8. The van der Waals surface area contributed by atoms with E-state index < -0.39 is 10.8 Å². The molecule has 10 nitrogen and oxygen atoms in total. The highest BCUT2D eigenvalue weighted by Gasteiger charge is 2.20. The highest BCUT2D eigenvalue weighted by molar-refractivity contribution is 7.99. The van der Waals surface area contributed by atoms with E-state index in [1.54, 1.807) is 18.2 Å². The van der Waals surface area contributed by atoms with Crippen molar-refractivity contribution in [1.82, 2.24) is 20.2 Å². The second-order valence-electron chi connectivity index (χ2n) is 6.68. The summed E-state index contributed by atoms with van der Waals surface area (Å²) in [6, 6.07) is 17.4. The fraction of sp³-hybridized carbons (Fsp3) is 0.0909. The number of carbonyl (C=O) groups excluding carboxylic acids is 1. The molecule has 0 unspecified atom stereocenters. The smallest absolute Gasteiger partial charge is 0.307 e. The zero-order chi connectivity index (χ0) is 23.2. The van der Waals surface area contributed by atoms with Crippen molar-refractivity contribution in [2.45, 2.75) is 23.5 Å². The summed E-state index contributed by atoms with van der Waals surface area (Å²) in [6.07, 6.45) is 2.70. The van der Waals surface area contributed by atoms with Crippen LogP contribution in [0.15, 0.2) is 86.5 Å². The molecule has 2 aromatic heterocycles. The monoisotopic (exact) mass is 462 g/mol. The maximum absolute atomic E-state index is 11.8. The van der Waals surface area contributed by atoms with Gasteiger partial charge in [-0.15, -0.1) is 10.2 Å². The molecule has 2 heterocycles. The Morgan fingerprint density at radius 1 is 1.21 bits per heavy atom. The van der Waals surface area contributed by atoms with E-state index in [4.69, 9.17) is 4.42 Å². The lowest BCUT2D eigenvalue weighted by atomic mass is 10.2. The van der Waals surface area contributed by atoms with Crippen LogP contribution in [0.25, 0.3) is 11.4 Å². The van der Waals surface area contributed by atoms with E-state index in [9.17, 15) is 14.9 Å². The number of nitrogens with one attached hydrogen (secondary N) is 1. The summed E-state index contributed by atoms with van der Waals surface area (Å²) >= 11 is 1.17. The van der Waals surface area contributed by atoms with Crippen LogP contribution in [-0.4, -0.2) is 31.8 Å². The minimum atomic E-state index is -0.522. The fourth-order valence-corrected chi connectivity index (χ4v) is 4.00. The topological polar surface area (TPSA) is 128 Å². The molecule has 0 fully saturated rings. The zero-order valence-corrected chi connectivity index (χ0v) is 18.2. The number of hydrazone groups is 1. The Hall–Kier alpha value is -4.25. The Morgan fingerprint density at radius 3 is 2.73 bits per heavy atom. The van der Waals surface area contributed by atoms with Gasteiger partial charge in [-0.2, -0.15) is 5.10 Å². The number of carbonyl (C=O) groups is 1. The largest absolute Gasteiger partial charge is 0.459 e. The number of hydrogen-bond donors (Lipinski definition) is 1. The Balaban J connectivity index is 1.55. The van der Waals surface area contributed by atoms with Gasteiger partial charge in [-0.25, -0.2) is 5.43 Å². The van der Waals surface area contributed by atoms with Crippen molar-refractivity contribution < 1.29 is 14.1 Å². The van der Waals surface area contributed by atoms with Gasteiger partial charge in [0, 0.05) is 23.7 Å². The number of nitro groups is 1. The van der Waals surface area contributed by atoms with Crippen molar-refractivity contribution in [1.29, 1.82) is 0 Å². The normalized spacial score (nSPS) is 11.1. The second-order valence-corrected chi connectivity index (χ2v) is 7.69. The molecule has 0 saturated heterocycles. The van der Waals surface area contributed by atoms with Crippen LogP contribution in [-0.2, 0) is 6.54 Å². The molecule has 1 N–H and O–H groups in total. The van der Waals surface area contributed by atoms with Crippen LogP contribution in [0.2, 0.25) is 0 Å². The van der Waals surface area contributed by atoms with Crippen LogP contribution < -0.4 is 5.43 Å². The minimum Gasteiger partial charge on any atom is -0.459 e. The van der Waals surface area contributed by atoms with E-state index in [0.717, 1.165) is 5.56 Å². The Bertz CT molecular complexity index is 1300. The Labute approximate surface area is 192 Å². The van der Waals surface area contributed by atoms with Crippen molar-refractivity contribution >= 4 is 29.6 Å². The highest BCUT2D eigenvalue weighted by atomic mass is 32.2. The summed E-state index contributed by atoms with van der Waals surface area (Å²) in [5.41, 5.74) is 3.57. The lowest BCUT2D eigenvalue weighted by Gasteiger charge is -2.08. The summed E-state index contributed by atoms with van der Waals surface area (Å²) in [5.74, 6) is 0.283. The predicted octanol–water partition coefficient (Wildman–Crippen LogP) is 4.38. The average molecular weight is 462 g/mol. The molecule has 166 valence electrons. The molecule has 0 saturated carbocycles. The fourth-order valence-electron chi connectivity index (χ4n) is 3.02. The molecule has 0 aliphatic rings. The maximum Gasteiger partial charge on any atom is 0.307 e. The van der Waals surface area contributed by atoms with Gasteiger partial charge in [-0.05, 0) is 36.9 Å². The molecule has 0 radical (unpaired) electrons. The second kappa shape index (κ2) is 9.92. The molecular weight excluding hydrogens is 444 g/mol. The minimum absolute atomic E-state index is 0.103.